The molecule has 4 rings (SSSR count). The van der Waals surface area contributed by atoms with E-state index in [2.05, 4.69) is 0 Å². The highest BCUT2D eigenvalue weighted by atomic mass is 35.5. The minimum Gasteiger partial charge on any atom is -0.459 e. The van der Waals surface area contributed by atoms with Gasteiger partial charge in [0.2, 0.25) is 0 Å². The standard InChI is InChI=1S/C28H25ClO8/c1-33-28-24(37-27(32)20-15-9-4-10-16-20)23(36-26(31)19-13-7-3-8-14-19)22(29)21(35-28)17-34-25(30)18-11-5-2-6-12-18/h2-16,21-24,28H,17H2,1H3/t21-,22-,23-,24-,28+/m1/s1. The van der Waals surface area contributed by atoms with Gasteiger partial charge < -0.3 is 23.7 Å². The maximum Gasteiger partial charge on any atom is 0.338 e. The Hall–Kier alpha value is -3.72. The highest BCUT2D eigenvalue weighted by Gasteiger charge is 2.50. The number of alkyl halides is 1. The Morgan fingerprint density at radius 2 is 1.14 bits per heavy atom. The highest BCUT2D eigenvalue weighted by molar-refractivity contribution is 6.21. The van der Waals surface area contributed by atoms with Crippen LogP contribution in [0.5, 0.6) is 0 Å². The summed E-state index contributed by atoms with van der Waals surface area (Å²) in [6.07, 6.45) is -4.47. The smallest absolute Gasteiger partial charge is 0.338 e. The molecule has 0 aromatic heterocycles. The lowest BCUT2D eigenvalue weighted by Crippen LogP contribution is -2.60. The molecule has 0 saturated carbocycles. The first-order chi connectivity index (χ1) is 18.0. The third-order valence-electron chi connectivity index (χ3n) is 5.70. The number of carbonyl (C=O) groups excluding carboxylic acids is 3. The molecule has 1 saturated heterocycles. The molecule has 9 heteroatoms. The van der Waals surface area contributed by atoms with Crippen molar-refractivity contribution in [2.75, 3.05) is 13.7 Å². The zero-order valence-electron chi connectivity index (χ0n) is 19.9. The van der Waals surface area contributed by atoms with Crippen LogP contribution in [0.1, 0.15) is 31.1 Å². The summed E-state index contributed by atoms with van der Waals surface area (Å²) < 4.78 is 28.2. The second kappa shape index (κ2) is 12.5. The molecule has 3 aromatic carbocycles. The van der Waals surface area contributed by atoms with Crippen LogP contribution in [0, 0.1) is 0 Å². The molecule has 0 unspecified atom stereocenters. The number of methoxy groups -OCH3 is 1. The number of ether oxygens (including phenoxy) is 5. The fourth-order valence-electron chi connectivity index (χ4n) is 3.80. The van der Waals surface area contributed by atoms with E-state index in [0.717, 1.165) is 0 Å². The van der Waals surface area contributed by atoms with Gasteiger partial charge in [-0.25, -0.2) is 14.4 Å². The first kappa shape index (κ1) is 26.3. The molecule has 0 N–H and O–H groups in total. The van der Waals surface area contributed by atoms with E-state index < -0.39 is 47.9 Å². The summed E-state index contributed by atoms with van der Waals surface area (Å²) in [5.41, 5.74) is 0.928. The quantitative estimate of drug-likeness (QED) is 0.245. The highest BCUT2D eigenvalue weighted by Crippen LogP contribution is 2.31. The van der Waals surface area contributed by atoms with Gasteiger partial charge in [-0.1, -0.05) is 54.6 Å². The van der Waals surface area contributed by atoms with Crippen molar-refractivity contribution in [3.8, 4) is 0 Å². The minimum absolute atomic E-state index is 0.250. The lowest BCUT2D eigenvalue weighted by molar-refractivity contribution is -0.259. The van der Waals surface area contributed by atoms with Crippen LogP contribution in [-0.4, -0.2) is 61.6 Å². The monoisotopic (exact) mass is 524 g/mol. The summed E-state index contributed by atoms with van der Waals surface area (Å²) in [4.78, 5) is 38.2. The van der Waals surface area contributed by atoms with Gasteiger partial charge in [-0.2, -0.15) is 0 Å². The molecule has 1 aliphatic rings. The molecule has 1 heterocycles. The average Bonchev–Trinajstić information content (AvgIpc) is 2.95. The summed E-state index contributed by atoms with van der Waals surface area (Å²) in [5.74, 6) is -1.92. The number of benzene rings is 3. The molecule has 192 valence electrons. The summed E-state index contributed by atoms with van der Waals surface area (Å²) in [5, 5.41) is -1.05. The number of halogens is 1. The number of hydrogen-bond acceptors (Lipinski definition) is 8. The fourth-order valence-corrected chi connectivity index (χ4v) is 4.12. The molecular formula is C28H25ClO8. The van der Waals surface area contributed by atoms with Crippen LogP contribution < -0.4 is 0 Å². The number of rotatable bonds is 8. The van der Waals surface area contributed by atoms with Gasteiger partial charge in [0.05, 0.1) is 16.7 Å². The third-order valence-corrected chi connectivity index (χ3v) is 6.23. The first-order valence-electron chi connectivity index (χ1n) is 11.5. The van der Waals surface area contributed by atoms with Crippen molar-refractivity contribution >= 4 is 29.5 Å². The molecule has 1 fully saturated rings. The van der Waals surface area contributed by atoms with Crippen molar-refractivity contribution < 1.29 is 38.1 Å². The maximum absolute atomic E-state index is 12.9. The van der Waals surface area contributed by atoms with Crippen molar-refractivity contribution in [3.63, 3.8) is 0 Å². The van der Waals surface area contributed by atoms with E-state index in [-0.39, 0.29) is 17.7 Å². The molecule has 0 spiro atoms. The van der Waals surface area contributed by atoms with Crippen LogP contribution in [0.4, 0.5) is 0 Å². The Bertz CT molecular complexity index is 1190. The van der Waals surface area contributed by atoms with Gasteiger partial charge in [-0.3, -0.25) is 0 Å². The van der Waals surface area contributed by atoms with E-state index in [9.17, 15) is 14.4 Å². The minimum atomic E-state index is -1.20. The van der Waals surface area contributed by atoms with E-state index in [1.165, 1.54) is 7.11 Å². The third kappa shape index (κ3) is 6.54. The zero-order chi connectivity index (χ0) is 26.2. The fraction of sp³-hybridized carbons (Fsp3) is 0.250. The van der Waals surface area contributed by atoms with Crippen LogP contribution in [-0.2, 0) is 23.7 Å². The Balaban J connectivity index is 1.55. The van der Waals surface area contributed by atoms with Crippen LogP contribution in [0.3, 0.4) is 0 Å². The lowest BCUT2D eigenvalue weighted by atomic mass is 10.0. The van der Waals surface area contributed by atoms with E-state index in [1.807, 2.05) is 0 Å². The Morgan fingerprint density at radius 3 is 1.59 bits per heavy atom. The summed E-state index contributed by atoms with van der Waals surface area (Å²) >= 11 is 6.72. The van der Waals surface area contributed by atoms with Gasteiger partial charge in [0.15, 0.2) is 18.5 Å². The number of hydrogen-bond donors (Lipinski definition) is 0. The molecule has 0 amide bonds. The van der Waals surface area contributed by atoms with E-state index >= 15 is 0 Å². The number of carbonyl (C=O) groups is 3. The van der Waals surface area contributed by atoms with Crippen LogP contribution in [0.25, 0.3) is 0 Å². The predicted octanol–water partition coefficient (Wildman–Crippen LogP) is 4.27. The van der Waals surface area contributed by atoms with Crippen molar-refractivity contribution in [1.29, 1.82) is 0 Å². The number of esters is 3. The Labute approximate surface area is 219 Å². The SMILES string of the molecule is CO[C@H]1O[C@H](COC(=O)c2ccccc2)[C@@H](Cl)[C@@H](OC(=O)c2ccccc2)[C@H]1OC(=O)c1ccccc1. The van der Waals surface area contributed by atoms with Gasteiger partial charge in [-0.05, 0) is 36.4 Å². The largest absolute Gasteiger partial charge is 0.459 e. The predicted molar refractivity (Wildman–Crippen MR) is 133 cm³/mol. The van der Waals surface area contributed by atoms with Gasteiger partial charge in [0, 0.05) is 7.11 Å². The van der Waals surface area contributed by atoms with Crippen molar-refractivity contribution in [2.24, 2.45) is 0 Å². The lowest BCUT2D eigenvalue weighted by Gasteiger charge is -2.42. The molecule has 8 nitrogen and oxygen atoms in total. The zero-order valence-corrected chi connectivity index (χ0v) is 20.7. The van der Waals surface area contributed by atoms with E-state index in [0.29, 0.717) is 5.56 Å². The maximum atomic E-state index is 12.9. The van der Waals surface area contributed by atoms with Crippen molar-refractivity contribution in [2.45, 2.75) is 30.0 Å². The molecule has 5 atom stereocenters. The van der Waals surface area contributed by atoms with Crippen LogP contribution in [0.15, 0.2) is 91.0 Å². The van der Waals surface area contributed by atoms with E-state index in [1.54, 1.807) is 91.0 Å². The molecule has 3 aromatic rings. The summed E-state index contributed by atoms with van der Waals surface area (Å²) in [6, 6.07) is 25.1. The Kier molecular flexibility index (Phi) is 8.90. The second-order valence-corrected chi connectivity index (χ2v) is 8.66. The molecule has 1 aliphatic heterocycles. The van der Waals surface area contributed by atoms with Gasteiger partial charge >= 0.3 is 17.9 Å². The van der Waals surface area contributed by atoms with E-state index in [4.69, 9.17) is 35.3 Å². The molecular weight excluding hydrogens is 500 g/mol. The van der Waals surface area contributed by atoms with Gasteiger partial charge in [0.25, 0.3) is 0 Å². The molecule has 0 bridgehead atoms. The normalized spacial score (nSPS) is 23.0. The molecule has 0 aliphatic carbocycles. The van der Waals surface area contributed by atoms with Crippen molar-refractivity contribution in [3.05, 3.63) is 108 Å². The summed E-state index contributed by atoms with van der Waals surface area (Å²) in [7, 11) is 1.35. The topological polar surface area (TPSA) is 97.4 Å². The first-order valence-corrected chi connectivity index (χ1v) is 12.0. The molecule has 37 heavy (non-hydrogen) atoms. The molecule has 0 radical (unpaired) electrons. The van der Waals surface area contributed by atoms with Gasteiger partial charge in [-0.15, -0.1) is 11.6 Å². The van der Waals surface area contributed by atoms with Crippen molar-refractivity contribution in [1.82, 2.24) is 0 Å². The average molecular weight is 525 g/mol. The van der Waals surface area contributed by atoms with Crippen LogP contribution >= 0.6 is 11.6 Å². The van der Waals surface area contributed by atoms with Crippen LogP contribution in [0.2, 0.25) is 0 Å². The Morgan fingerprint density at radius 1 is 0.703 bits per heavy atom. The van der Waals surface area contributed by atoms with Gasteiger partial charge in [0.1, 0.15) is 18.1 Å². The summed E-state index contributed by atoms with van der Waals surface area (Å²) in [6.45, 7) is -0.250. The second-order valence-electron chi connectivity index (χ2n) is 8.16.